The Hall–Kier alpha value is -0.120. The molecule has 11 atom stereocenters. The van der Waals surface area contributed by atoms with Crippen LogP contribution in [0.15, 0.2) is 0 Å². The summed E-state index contributed by atoms with van der Waals surface area (Å²) in [5.74, 6) is 2.57. The molecule has 0 amide bonds. The monoisotopic (exact) mass is 348 g/mol. The van der Waals surface area contributed by atoms with Gasteiger partial charge in [-0.3, -0.25) is 0 Å². The van der Waals surface area contributed by atoms with Gasteiger partial charge in [-0.15, -0.1) is 0 Å². The summed E-state index contributed by atoms with van der Waals surface area (Å²) in [5, 5.41) is 22.5. The predicted molar refractivity (Wildman–Crippen MR) is 96.9 cm³/mol. The number of hydrogen-bond acceptors (Lipinski definition) is 3. The van der Waals surface area contributed by atoms with Gasteiger partial charge in [0, 0.05) is 11.3 Å². The van der Waals surface area contributed by atoms with Crippen LogP contribution in [0.5, 0.6) is 0 Å². The van der Waals surface area contributed by atoms with Crippen LogP contribution in [0.3, 0.4) is 0 Å². The summed E-state index contributed by atoms with van der Waals surface area (Å²) in [7, 11) is 0. The first-order valence-corrected chi connectivity index (χ1v) is 10.7. The van der Waals surface area contributed by atoms with Crippen LogP contribution in [0, 0.1) is 40.4 Å². The molecule has 0 aromatic rings. The average Bonchev–Trinajstić information content (AvgIpc) is 3.23. The Kier molecular flexibility index (Phi) is 3.16. The molecule has 0 aromatic heterocycles. The van der Waals surface area contributed by atoms with Gasteiger partial charge in [-0.25, -0.2) is 0 Å². The molecule has 142 valence electrons. The smallest absolute Gasteiger partial charge is 0.127 e. The Morgan fingerprint density at radius 2 is 1.72 bits per heavy atom. The Bertz CT molecular complexity index is 606. The van der Waals surface area contributed by atoms with E-state index in [0.29, 0.717) is 29.6 Å². The van der Waals surface area contributed by atoms with Gasteiger partial charge in [0.2, 0.25) is 0 Å². The van der Waals surface area contributed by atoms with Crippen molar-refractivity contribution in [2.24, 2.45) is 40.4 Å². The standard InChI is InChI=1S/C22H36O3/c1-12-6-9-21(24)20(12,5)14(3)13(2)18-19(4)8-7-16(23)10-15(19)11-17-22(18,21)25-17/h12-18,23-24H,6-11H2,1-5H3. The van der Waals surface area contributed by atoms with Crippen molar-refractivity contribution in [2.75, 3.05) is 0 Å². The summed E-state index contributed by atoms with van der Waals surface area (Å²) >= 11 is 0. The summed E-state index contributed by atoms with van der Waals surface area (Å²) in [6.45, 7) is 12.0. The Balaban J connectivity index is 1.66. The van der Waals surface area contributed by atoms with Crippen molar-refractivity contribution in [1.29, 1.82) is 0 Å². The Morgan fingerprint density at radius 1 is 1.00 bits per heavy atom. The predicted octanol–water partition coefficient (Wildman–Crippen LogP) is 3.76. The van der Waals surface area contributed by atoms with E-state index in [1.807, 2.05) is 0 Å². The molecule has 4 aliphatic carbocycles. The van der Waals surface area contributed by atoms with Gasteiger partial charge in [0.05, 0.1) is 12.2 Å². The van der Waals surface area contributed by atoms with Crippen LogP contribution >= 0.6 is 0 Å². The second-order valence-electron chi connectivity index (χ2n) is 11.0. The molecule has 25 heavy (non-hydrogen) atoms. The van der Waals surface area contributed by atoms with Crippen LogP contribution in [-0.4, -0.2) is 33.6 Å². The van der Waals surface area contributed by atoms with Crippen LogP contribution in [0.25, 0.3) is 0 Å². The number of epoxide rings is 1. The van der Waals surface area contributed by atoms with Gasteiger partial charge in [-0.1, -0.05) is 34.6 Å². The first kappa shape index (κ1) is 17.0. The van der Waals surface area contributed by atoms with Gasteiger partial charge in [0.15, 0.2) is 0 Å². The third kappa shape index (κ3) is 1.59. The molecule has 3 heteroatoms. The lowest BCUT2D eigenvalue weighted by Crippen LogP contribution is -2.72. The topological polar surface area (TPSA) is 53.0 Å². The van der Waals surface area contributed by atoms with Crippen LogP contribution < -0.4 is 0 Å². The van der Waals surface area contributed by atoms with E-state index in [1.54, 1.807) is 0 Å². The van der Waals surface area contributed by atoms with E-state index in [9.17, 15) is 10.2 Å². The molecule has 1 saturated heterocycles. The fourth-order valence-corrected chi connectivity index (χ4v) is 8.91. The number of aliphatic hydroxyl groups is 2. The zero-order valence-electron chi connectivity index (χ0n) is 16.6. The Labute approximate surface area is 152 Å². The molecule has 0 aromatic carbocycles. The van der Waals surface area contributed by atoms with Crippen molar-refractivity contribution in [3.63, 3.8) is 0 Å². The fourth-order valence-electron chi connectivity index (χ4n) is 8.91. The molecule has 1 aliphatic heterocycles. The highest BCUT2D eigenvalue weighted by Gasteiger charge is 2.86. The molecule has 0 radical (unpaired) electrons. The van der Waals surface area contributed by atoms with Crippen molar-refractivity contribution in [1.82, 2.24) is 0 Å². The lowest BCUT2D eigenvalue weighted by atomic mass is 9.38. The molecule has 5 fully saturated rings. The summed E-state index contributed by atoms with van der Waals surface area (Å²) < 4.78 is 6.58. The van der Waals surface area contributed by atoms with E-state index in [-0.39, 0.29) is 28.6 Å². The van der Waals surface area contributed by atoms with E-state index in [4.69, 9.17) is 4.74 Å². The first-order valence-electron chi connectivity index (χ1n) is 10.7. The van der Waals surface area contributed by atoms with Gasteiger partial charge in [-0.2, -0.15) is 0 Å². The largest absolute Gasteiger partial charge is 0.393 e. The highest BCUT2D eigenvalue weighted by atomic mass is 16.6. The minimum atomic E-state index is -0.676. The quantitative estimate of drug-likeness (QED) is 0.655. The van der Waals surface area contributed by atoms with Crippen molar-refractivity contribution in [3.8, 4) is 0 Å². The van der Waals surface area contributed by atoms with E-state index >= 15 is 0 Å². The Morgan fingerprint density at radius 3 is 2.44 bits per heavy atom. The molecular formula is C22H36O3. The van der Waals surface area contributed by atoms with Gasteiger partial charge in [0.25, 0.3) is 0 Å². The van der Waals surface area contributed by atoms with Gasteiger partial charge < -0.3 is 14.9 Å². The number of aliphatic hydroxyl groups excluding tert-OH is 1. The zero-order valence-corrected chi connectivity index (χ0v) is 16.6. The molecule has 0 bridgehead atoms. The second-order valence-corrected chi connectivity index (χ2v) is 11.0. The molecule has 1 heterocycles. The summed E-state index contributed by atoms with van der Waals surface area (Å²) in [6.07, 6.45) is 6.06. The van der Waals surface area contributed by atoms with Gasteiger partial charge >= 0.3 is 0 Å². The summed E-state index contributed by atoms with van der Waals surface area (Å²) in [6, 6.07) is 0. The summed E-state index contributed by atoms with van der Waals surface area (Å²) in [5.41, 5.74) is -0.839. The first-order chi connectivity index (χ1) is 11.6. The maximum atomic E-state index is 12.2. The maximum Gasteiger partial charge on any atom is 0.127 e. The normalized spacial score (nSPS) is 68.5. The third-order valence-corrected chi connectivity index (χ3v) is 10.7. The fraction of sp³-hybridized carbons (Fsp3) is 1.00. The van der Waals surface area contributed by atoms with Crippen LogP contribution in [0.2, 0.25) is 0 Å². The van der Waals surface area contributed by atoms with Crippen molar-refractivity contribution in [3.05, 3.63) is 0 Å². The number of ether oxygens (including phenoxy) is 1. The SMILES string of the molecule is CC1C(C)C2(C)C(C)CCC2(O)C23OC2CC2CC(O)CCC2(C)C13. The molecule has 3 nitrogen and oxygen atoms in total. The van der Waals surface area contributed by atoms with Crippen LogP contribution in [-0.2, 0) is 4.74 Å². The van der Waals surface area contributed by atoms with E-state index in [1.165, 1.54) is 0 Å². The van der Waals surface area contributed by atoms with Crippen LogP contribution in [0.1, 0.15) is 73.1 Å². The third-order valence-electron chi connectivity index (χ3n) is 10.7. The number of rotatable bonds is 0. The van der Waals surface area contributed by atoms with E-state index in [0.717, 1.165) is 38.5 Å². The van der Waals surface area contributed by atoms with E-state index in [2.05, 4.69) is 34.6 Å². The number of hydrogen-bond donors (Lipinski definition) is 2. The van der Waals surface area contributed by atoms with Crippen molar-refractivity contribution >= 4 is 0 Å². The highest BCUT2D eigenvalue weighted by molar-refractivity contribution is 5.34. The molecule has 5 aliphatic rings. The van der Waals surface area contributed by atoms with Crippen molar-refractivity contribution < 1.29 is 14.9 Å². The maximum absolute atomic E-state index is 12.2. The molecule has 2 N–H and O–H groups in total. The lowest BCUT2D eigenvalue weighted by Gasteiger charge is -2.66. The second kappa shape index (κ2) is 4.64. The molecule has 1 spiro atoms. The summed E-state index contributed by atoms with van der Waals surface area (Å²) in [4.78, 5) is 0. The molecule has 11 unspecified atom stereocenters. The van der Waals surface area contributed by atoms with Gasteiger partial charge in [0.1, 0.15) is 11.2 Å². The minimum absolute atomic E-state index is 0.0466. The lowest BCUT2D eigenvalue weighted by molar-refractivity contribution is -0.244. The number of fused-ring (bicyclic) bond motifs is 3. The van der Waals surface area contributed by atoms with Gasteiger partial charge in [-0.05, 0) is 67.6 Å². The van der Waals surface area contributed by atoms with E-state index < -0.39 is 5.60 Å². The minimum Gasteiger partial charge on any atom is -0.393 e. The molecule has 4 saturated carbocycles. The molecule has 5 rings (SSSR count). The van der Waals surface area contributed by atoms with Crippen molar-refractivity contribution in [2.45, 2.75) is 96.6 Å². The highest BCUT2D eigenvalue weighted by Crippen LogP contribution is 2.79. The zero-order chi connectivity index (χ0) is 18.0. The van der Waals surface area contributed by atoms with Crippen LogP contribution in [0.4, 0.5) is 0 Å². The average molecular weight is 349 g/mol. The molecular weight excluding hydrogens is 312 g/mol.